The molecule has 2 atom stereocenters. The number of carbonyl (C=O) groups excluding carboxylic acids is 1. The van der Waals surface area contributed by atoms with Crippen molar-refractivity contribution < 1.29 is 9.90 Å². The maximum Gasteiger partial charge on any atom is 0.191 e. The fraction of sp³-hybridized carbons (Fsp3) is 0.286. The predicted molar refractivity (Wildman–Crippen MR) is 31.7 cm³/mol. The van der Waals surface area contributed by atoms with Crippen molar-refractivity contribution in [2.75, 3.05) is 0 Å². The highest BCUT2D eigenvalue weighted by Crippen LogP contribution is 2.36. The zero-order chi connectivity index (χ0) is 6.48. The van der Waals surface area contributed by atoms with Gasteiger partial charge in [-0.05, 0) is 12.2 Å². The second kappa shape index (κ2) is 1.16. The van der Waals surface area contributed by atoms with Crippen molar-refractivity contribution >= 4 is 5.78 Å². The summed E-state index contributed by atoms with van der Waals surface area (Å²) in [4.78, 5) is 10.8. The zero-order valence-electron chi connectivity index (χ0n) is 4.74. The number of hydrogen-bond acceptors (Lipinski definition) is 2. The summed E-state index contributed by atoms with van der Waals surface area (Å²) >= 11 is 0. The normalized spacial score (nSPS) is 45.0. The molecular weight excluding hydrogens is 116 g/mol. The highest BCUT2D eigenvalue weighted by atomic mass is 16.3. The average Bonchev–Trinajstić information content (AvgIpc) is 1.96. The molecular formula is C7H6O2. The Balaban J connectivity index is 2.48. The summed E-state index contributed by atoms with van der Waals surface area (Å²) < 4.78 is 0. The number of hydrogen-bond donors (Lipinski definition) is 1. The molecule has 0 radical (unpaired) electrons. The smallest absolute Gasteiger partial charge is 0.191 e. The molecule has 0 bridgehead atoms. The first kappa shape index (κ1) is 4.94. The van der Waals surface area contributed by atoms with Gasteiger partial charge in [0, 0.05) is 5.92 Å². The van der Waals surface area contributed by atoms with Crippen LogP contribution in [0.4, 0.5) is 0 Å². The van der Waals surface area contributed by atoms with E-state index in [-0.39, 0.29) is 11.7 Å². The van der Waals surface area contributed by atoms with E-state index in [0.29, 0.717) is 0 Å². The Kier molecular flexibility index (Phi) is 0.638. The summed E-state index contributed by atoms with van der Waals surface area (Å²) in [6, 6.07) is 0. The first-order chi connectivity index (χ1) is 4.23. The second-order valence-electron chi connectivity index (χ2n) is 2.43. The van der Waals surface area contributed by atoms with Gasteiger partial charge in [0.25, 0.3) is 0 Å². The number of ketones is 1. The van der Waals surface area contributed by atoms with E-state index in [1.54, 1.807) is 12.2 Å². The average molecular weight is 122 g/mol. The minimum atomic E-state index is -1.14. The number of fused-ring (bicyclic) bond motifs is 1. The van der Waals surface area contributed by atoms with E-state index >= 15 is 0 Å². The Bertz CT molecular complexity index is 227. The summed E-state index contributed by atoms with van der Waals surface area (Å²) in [5.41, 5.74) is -1.14. The Hall–Kier alpha value is -0.890. The van der Waals surface area contributed by atoms with Crippen molar-refractivity contribution in [2.24, 2.45) is 5.92 Å². The van der Waals surface area contributed by atoms with Gasteiger partial charge < -0.3 is 5.11 Å². The molecule has 0 saturated carbocycles. The molecule has 0 spiro atoms. The first-order valence-corrected chi connectivity index (χ1v) is 2.88. The van der Waals surface area contributed by atoms with Gasteiger partial charge in [-0.3, -0.25) is 4.79 Å². The summed E-state index contributed by atoms with van der Waals surface area (Å²) in [5, 5.41) is 9.32. The van der Waals surface area contributed by atoms with Crippen molar-refractivity contribution in [3.8, 4) is 0 Å². The molecule has 2 rings (SSSR count). The van der Waals surface area contributed by atoms with Crippen LogP contribution in [0.5, 0.6) is 0 Å². The van der Waals surface area contributed by atoms with Crippen LogP contribution in [0.1, 0.15) is 0 Å². The molecule has 2 heteroatoms. The van der Waals surface area contributed by atoms with Crippen LogP contribution in [0.25, 0.3) is 0 Å². The van der Waals surface area contributed by atoms with Crippen molar-refractivity contribution in [3.05, 3.63) is 24.3 Å². The molecule has 1 N–H and O–H groups in total. The largest absolute Gasteiger partial charge is 0.377 e. The van der Waals surface area contributed by atoms with Gasteiger partial charge in [0.15, 0.2) is 11.4 Å². The lowest BCUT2D eigenvalue weighted by atomic mass is 9.80. The minimum absolute atomic E-state index is 0.0370. The minimum Gasteiger partial charge on any atom is -0.377 e. The van der Waals surface area contributed by atoms with Gasteiger partial charge in [-0.2, -0.15) is 0 Å². The maximum absolute atomic E-state index is 10.8. The Morgan fingerprint density at radius 1 is 1.56 bits per heavy atom. The van der Waals surface area contributed by atoms with E-state index in [4.69, 9.17) is 0 Å². The van der Waals surface area contributed by atoms with Crippen LogP contribution in [-0.4, -0.2) is 16.5 Å². The second-order valence-corrected chi connectivity index (χ2v) is 2.43. The third kappa shape index (κ3) is 0.380. The lowest BCUT2D eigenvalue weighted by Crippen LogP contribution is -2.43. The monoisotopic (exact) mass is 122 g/mol. The molecule has 2 aliphatic rings. The lowest BCUT2D eigenvalue weighted by Gasteiger charge is -2.30. The van der Waals surface area contributed by atoms with Gasteiger partial charge in [-0.15, -0.1) is 0 Å². The fourth-order valence-electron chi connectivity index (χ4n) is 1.17. The van der Waals surface area contributed by atoms with Gasteiger partial charge in [0.05, 0.1) is 0 Å². The molecule has 0 aliphatic heterocycles. The van der Waals surface area contributed by atoms with Crippen LogP contribution in [0.2, 0.25) is 0 Å². The van der Waals surface area contributed by atoms with Crippen molar-refractivity contribution in [1.82, 2.24) is 0 Å². The highest BCUT2D eigenvalue weighted by Gasteiger charge is 2.47. The predicted octanol–water partition coefficient (Wildman–Crippen LogP) is 0.0424. The fourth-order valence-corrected chi connectivity index (χ4v) is 1.17. The third-order valence-electron chi connectivity index (χ3n) is 1.92. The molecule has 0 fully saturated rings. The van der Waals surface area contributed by atoms with Crippen LogP contribution in [0.3, 0.4) is 0 Å². The molecule has 2 aliphatic carbocycles. The van der Waals surface area contributed by atoms with Crippen LogP contribution >= 0.6 is 0 Å². The molecule has 0 aromatic heterocycles. The van der Waals surface area contributed by atoms with Gasteiger partial charge in [0.1, 0.15) is 0 Å². The van der Waals surface area contributed by atoms with E-state index in [0.717, 1.165) is 0 Å². The first-order valence-electron chi connectivity index (χ1n) is 2.88. The van der Waals surface area contributed by atoms with Gasteiger partial charge in [0.2, 0.25) is 0 Å². The summed E-state index contributed by atoms with van der Waals surface area (Å²) in [6.45, 7) is 0. The Morgan fingerprint density at radius 2 is 2.33 bits per heavy atom. The van der Waals surface area contributed by atoms with E-state index in [1.807, 2.05) is 6.08 Å². The molecule has 46 valence electrons. The van der Waals surface area contributed by atoms with Crippen molar-refractivity contribution in [2.45, 2.75) is 5.60 Å². The lowest BCUT2D eigenvalue weighted by molar-refractivity contribution is -0.129. The maximum atomic E-state index is 10.8. The van der Waals surface area contributed by atoms with E-state index in [1.165, 1.54) is 6.08 Å². The van der Waals surface area contributed by atoms with Gasteiger partial charge in [-0.1, -0.05) is 12.2 Å². The molecule has 0 heterocycles. The van der Waals surface area contributed by atoms with Crippen LogP contribution in [-0.2, 0) is 4.79 Å². The quantitative estimate of drug-likeness (QED) is 0.461. The third-order valence-corrected chi connectivity index (χ3v) is 1.92. The zero-order valence-corrected chi connectivity index (χ0v) is 4.74. The van der Waals surface area contributed by atoms with Crippen LogP contribution < -0.4 is 0 Å². The highest BCUT2D eigenvalue weighted by molar-refractivity contribution is 6.03. The summed E-state index contributed by atoms with van der Waals surface area (Å²) in [6.07, 6.45) is 6.52. The summed E-state index contributed by atoms with van der Waals surface area (Å²) in [7, 11) is 0. The van der Waals surface area contributed by atoms with E-state index < -0.39 is 5.60 Å². The van der Waals surface area contributed by atoms with Gasteiger partial charge >= 0.3 is 0 Å². The number of carbonyl (C=O) groups is 1. The number of aliphatic hydroxyl groups is 1. The molecule has 0 amide bonds. The van der Waals surface area contributed by atoms with Crippen LogP contribution in [0.15, 0.2) is 24.3 Å². The van der Waals surface area contributed by atoms with E-state index in [2.05, 4.69) is 0 Å². The molecule has 2 nitrogen and oxygen atoms in total. The van der Waals surface area contributed by atoms with Crippen molar-refractivity contribution in [3.63, 3.8) is 0 Å². The molecule has 1 unspecified atom stereocenters. The standard InChI is InChI=1S/C7H6O2/c8-6-2-1-5-3-4-7(5,6)9/h1-5,9H/t5?,7-/m1/s1. The molecule has 9 heavy (non-hydrogen) atoms. The van der Waals surface area contributed by atoms with Gasteiger partial charge in [-0.25, -0.2) is 0 Å². The molecule has 0 aromatic carbocycles. The van der Waals surface area contributed by atoms with Crippen LogP contribution in [0, 0.1) is 5.92 Å². The number of rotatable bonds is 0. The topological polar surface area (TPSA) is 37.3 Å². The molecule has 0 aromatic rings. The van der Waals surface area contributed by atoms with Crippen molar-refractivity contribution in [1.29, 1.82) is 0 Å². The summed E-state index contributed by atoms with van der Waals surface area (Å²) in [5.74, 6) is -0.222. The Morgan fingerprint density at radius 3 is 2.56 bits per heavy atom. The van der Waals surface area contributed by atoms with E-state index in [9.17, 15) is 9.90 Å². The SMILES string of the molecule is O=C1C=CC2C=C[C@]12O. The molecule has 0 saturated heterocycles. The Labute approximate surface area is 52.5 Å².